The fraction of sp³-hybridized carbons (Fsp3) is 0.0556. The van der Waals surface area contributed by atoms with E-state index in [-0.39, 0.29) is 30.1 Å². The highest BCUT2D eigenvalue weighted by molar-refractivity contribution is 5.90. The van der Waals surface area contributed by atoms with Crippen LogP contribution in [0.5, 0.6) is 0 Å². The van der Waals surface area contributed by atoms with Gasteiger partial charge in [-0.3, -0.25) is 10.1 Å². The van der Waals surface area contributed by atoms with E-state index in [9.17, 15) is 9.18 Å². The molecule has 124 valence electrons. The van der Waals surface area contributed by atoms with Crippen molar-refractivity contribution in [3.05, 3.63) is 66.0 Å². The van der Waals surface area contributed by atoms with Gasteiger partial charge < -0.3 is 8.83 Å². The number of nitrogens with zero attached hydrogens (tertiary/aromatic N) is 2. The number of para-hydroxylation sites is 1. The second kappa shape index (κ2) is 6.20. The molecular weight excluding hydrogens is 325 g/mol. The Bertz CT molecular complexity index is 1000. The predicted octanol–water partition coefficient (Wildman–Crippen LogP) is 3.80. The number of benzene rings is 2. The van der Waals surface area contributed by atoms with Gasteiger partial charge >= 0.3 is 6.01 Å². The normalized spacial score (nSPS) is 10.9. The first-order chi connectivity index (χ1) is 12.2. The number of furan rings is 1. The molecule has 2 aromatic carbocycles. The highest BCUT2D eigenvalue weighted by Crippen LogP contribution is 2.27. The lowest BCUT2D eigenvalue weighted by molar-refractivity contribution is -0.115. The van der Waals surface area contributed by atoms with Crippen molar-refractivity contribution in [3.8, 4) is 11.7 Å². The lowest BCUT2D eigenvalue weighted by atomic mass is 10.1. The largest absolute Gasteiger partial charge is 0.451 e. The van der Waals surface area contributed by atoms with E-state index in [2.05, 4.69) is 15.5 Å². The van der Waals surface area contributed by atoms with Gasteiger partial charge in [0.1, 0.15) is 11.4 Å². The van der Waals surface area contributed by atoms with Crippen molar-refractivity contribution < 1.29 is 18.0 Å². The minimum absolute atomic E-state index is 0.0254. The van der Waals surface area contributed by atoms with Gasteiger partial charge in [0.25, 0.3) is 5.89 Å². The van der Waals surface area contributed by atoms with Crippen LogP contribution in [-0.2, 0) is 11.2 Å². The molecule has 0 spiro atoms. The Morgan fingerprint density at radius 1 is 1.04 bits per heavy atom. The van der Waals surface area contributed by atoms with Crippen LogP contribution >= 0.6 is 0 Å². The van der Waals surface area contributed by atoms with Crippen LogP contribution < -0.4 is 5.32 Å². The van der Waals surface area contributed by atoms with Crippen LogP contribution in [0.25, 0.3) is 22.6 Å². The van der Waals surface area contributed by atoms with Gasteiger partial charge in [0.2, 0.25) is 5.91 Å². The number of aromatic nitrogens is 2. The molecule has 4 aromatic rings. The van der Waals surface area contributed by atoms with Crippen LogP contribution in [0.4, 0.5) is 10.4 Å². The molecule has 0 bridgehead atoms. The maximum atomic E-state index is 12.9. The predicted molar refractivity (Wildman–Crippen MR) is 88.2 cm³/mol. The first-order valence-corrected chi connectivity index (χ1v) is 7.54. The summed E-state index contributed by atoms with van der Waals surface area (Å²) in [6.45, 7) is 0. The number of amides is 1. The number of fused-ring (bicyclic) bond motifs is 1. The van der Waals surface area contributed by atoms with Gasteiger partial charge in [0.15, 0.2) is 5.76 Å². The molecule has 0 saturated heterocycles. The van der Waals surface area contributed by atoms with Crippen molar-refractivity contribution in [2.75, 3.05) is 5.32 Å². The quantitative estimate of drug-likeness (QED) is 0.612. The molecule has 0 aliphatic carbocycles. The average Bonchev–Trinajstić information content (AvgIpc) is 3.23. The van der Waals surface area contributed by atoms with Crippen molar-refractivity contribution in [2.45, 2.75) is 6.42 Å². The van der Waals surface area contributed by atoms with Gasteiger partial charge in [-0.25, -0.2) is 4.39 Å². The van der Waals surface area contributed by atoms with Crippen molar-refractivity contribution in [1.29, 1.82) is 0 Å². The van der Waals surface area contributed by atoms with Crippen LogP contribution in [-0.4, -0.2) is 16.1 Å². The Morgan fingerprint density at radius 2 is 1.84 bits per heavy atom. The van der Waals surface area contributed by atoms with E-state index in [1.165, 1.54) is 12.1 Å². The van der Waals surface area contributed by atoms with Gasteiger partial charge in [0.05, 0.1) is 6.42 Å². The summed E-state index contributed by atoms with van der Waals surface area (Å²) in [5.74, 6) is -0.0936. The van der Waals surface area contributed by atoms with Crippen LogP contribution in [0.1, 0.15) is 5.56 Å². The summed E-state index contributed by atoms with van der Waals surface area (Å²) in [7, 11) is 0. The van der Waals surface area contributed by atoms with E-state index in [4.69, 9.17) is 8.83 Å². The zero-order valence-electron chi connectivity index (χ0n) is 12.9. The Hall–Kier alpha value is -3.48. The monoisotopic (exact) mass is 337 g/mol. The minimum atomic E-state index is -0.350. The third-order valence-electron chi connectivity index (χ3n) is 3.59. The highest BCUT2D eigenvalue weighted by atomic mass is 19.1. The van der Waals surface area contributed by atoms with E-state index in [0.717, 1.165) is 5.39 Å². The van der Waals surface area contributed by atoms with E-state index in [1.807, 2.05) is 24.3 Å². The Balaban J connectivity index is 1.47. The van der Waals surface area contributed by atoms with Crippen molar-refractivity contribution in [2.24, 2.45) is 0 Å². The van der Waals surface area contributed by atoms with Gasteiger partial charge in [0, 0.05) is 5.39 Å². The summed E-state index contributed by atoms with van der Waals surface area (Å²) in [5.41, 5.74) is 1.38. The van der Waals surface area contributed by atoms with E-state index in [0.29, 0.717) is 16.9 Å². The summed E-state index contributed by atoms with van der Waals surface area (Å²) >= 11 is 0. The summed E-state index contributed by atoms with van der Waals surface area (Å²) in [6.07, 6.45) is 0.0721. The van der Waals surface area contributed by atoms with Crippen molar-refractivity contribution >= 4 is 22.9 Å². The third-order valence-corrected chi connectivity index (χ3v) is 3.59. The molecule has 0 radical (unpaired) electrons. The molecule has 0 aliphatic heterocycles. The zero-order chi connectivity index (χ0) is 17.2. The van der Waals surface area contributed by atoms with Crippen LogP contribution in [0.3, 0.4) is 0 Å². The molecule has 1 N–H and O–H groups in total. The van der Waals surface area contributed by atoms with Gasteiger partial charge in [-0.15, -0.1) is 5.10 Å². The second-order valence-electron chi connectivity index (χ2n) is 5.41. The van der Waals surface area contributed by atoms with Crippen molar-refractivity contribution in [1.82, 2.24) is 10.2 Å². The smallest absolute Gasteiger partial charge is 0.322 e. The SMILES string of the molecule is O=C(Cc1ccc(F)cc1)Nc1nnc(-c2cc3ccccc3o2)o1. The standard InChI is InChI=1S/C18H12FN3O3/c19-13-7-5-11(6-8-13)9-16(23)20-18-22-21-17(25-18)15-10-12-3-1-2-4-14(12)24-15/h1-8,10H,9H2,(H,20,22,23). The van der Waals surface area contributed by atoms with E-state index < -0.39 is 0 Å². The molecule has 1 amide bonds. The topological polar surface area (TPSA) is 81.2 Å². The number of carbonyl (C=O) groups excluding carboxylic acids is 1. The third kappa shape index (κ3) is 3.25. The summed E-state index contributed by atoms with van der Waals surface area (Å²) in [4.78, 5) is 12.0. The molecule has 2 heterocycles. The summed E-state index contributed by atoms with van der Waals surface area (Å²) < 4.78 is 23.9. The fourth-order valence-corrected chi connectivity index (χ4v) is 2.41. The zero-order valence-corrected chi connectivity index (χ0v) is 12.9. The number of hydrogen-bond donors (Lipinski definition) is 1. The maximum Gasteiger partial charge on any atom is 0.322 e. The van der Waals surface area contributed by atoms with Gasteiger partial charge in [-0.2, -0.15) is 0 Å². The Morgan fingerprint density at radius 3 is 2.64 bits per heavy atom. The Labute approximate surface area is 141 Å². The number of halogens is 1. The molecule has 0 saturated carbocycles. The summed E-state index contributed by atoms with van der Waals surface area (Å²) in [6, 6.07) is 15.0. The lowest BCUT2D eigenvalue weighted by Gasteiger charge is -2.00. The maximum absolute atomic E-state index is 12.9. The molecule has 4 rings (SSSR count). The van der Waals surface area contributed by atoms with Gasteiger partial charge in [-0.1, -0.05) is 35.4 Å². The van der Waals surface area contributed by atoms with Crippen LogP contribution in [0.2, 0.25) is 0 Å². The molecule has 7 heteroatoms. The number of carbonyl (C=O) groups is 1. The second-order valence-corrected chi connectivity index (χ2v) is 5.41. The van der Waals surface area contributed by atoms with Crippen LogP contribution in [0, 0.1) is 5.82 Å². The molecule has 2 aromatic heterocycles. The fourth-order valence-electron chi connectivity index (χ4n) is 2.41. The van der Waals surface area contributed by atoms with E-state index in [1.54, 1.807) is 18.2 Å². The molecule has 0 atom stereocenters. The molecule has 25 heavy (non-hydrogen) atoms. The lowest BCUT2D eigenvalue weighted by Crippen LogP contribution is -2.14. The number of rotatable bonds is 4. The minimum Gasteiger partial charge on any atom is -0.451 e. The molecule has 6 nitrogen and oxygen atoms in total. The highest BCUT2D eigenvalue weighted by Gasteiger charge is 2.15. The number of anilines is 1. The van der Waals surface area contributed by atoms with Gasteiger partial charge in [-0.05, 0) is 29.8 Å². The molecule has 0 fully saturated rings. The first kappa shape index (κ1) is 15.1. The molecular formula is C18H12FN3O3. The molecule has 0 aliphatic rings. The van der Waals surface area contributed by atoms with Crippen molar-refractivity contribution in [3.63, 3.8) is 0 Å². The van der Waals surface area contributed by atoms with Crippen LogP contribution in [0.15, 0.2) is 63.4 Å². The van der Waals surface area contributed by atoms with E-state index >= 15 is 0 Å². The number of nitrogens with one attached hydrogen (secondary N) is 1. The first-order valence-electron chi connectivity index (χ1n) is 7.54. The number of hydrogen-bond acceptors (Lipinski definition) is 5. The molecule has 0 unspecified atom stereocenters. The Kier molecular flexibility index (Phi) is 3.74. The average molecular weight is 337 g/mol. The summed E-state index contributed by atoms with van der Waals surface area (Å²) in [5, 5.41) is 11.1.